The number of aliphatic hydroxyl groups is 1. The average Bonchev–Trinajstić information content (AvgIpc) is 2.59. The van der Waals surface area contributed by atoms with Crippen LogP contribution in [0.2, 0.25) is 0 Å². The van der Waals surface area contributed by atoms with Gasteiger partial charge in [0.2, 0.25) is 0 Å². The second kappa shape index (κ2) is 8.62. The van der Waals surface area contributed by atoms with E-state index in [4.69, 9.17) is 14.1 Å². The number of aliphatic hydroxyl groups excluding tert-OH is 1. The number of carbonyl (C=O) groups excluding carboxylic acids is 2. The predicted octanol–water partition coefficient (Wildman–Crippen LogP) is 0.828. The number of morpholine rings is 1. The molecule has 27 heavy (non-hydrogen) atoms. The molecule has 0 radical (unpaired) electrons. The summed E-state index contributed by atoms with van der Waals surface area (Å²) in [7, 11) is 1.19. The SMILES string of the molecule is C=BOCc1cc(N2CCOC(C(O)C(=O)OC(C)(C)C)C2=O)ccc1F. The van der Waals surface area contributed by atoms with Crippen LogP contribution in [-0.4, -0.2) is 61.5 Å². The Bertz CT molecular complexity index is 720. The van der Waals surface area contributed by atoms with E-state index in [1.165, 1.54) is 30.2 Å². The summed E-state index contributed by atoms with van der Waals surface area (Å²) >= 11 is 0. The topological polar surface area (TPSA) is 85.3 Å². The van der Waals surface area contributed by atoms with Gasteiger partial charge in [0.1, 0.15) is 0 Å². The van der Waals surface area contributed by atoms with Gasteiger partial charge in [-0.15, -0.1) is 0 Å². The van der Waals surface area contributed by atoms with E-state index in [-0.39, 0.29) is 25.3 Å². The third-order valence-electron chi connectivity index (χ3n) is 3.75. The molecule has 1 aliphatic heterocycles. The van der Waals surface area contributed by atoms with Gasteiger partial charge in [-0.3, -0.25) is 0 Å². The summed E-state index contributed by atoms with van der Waals surface area (Å²) in [5.74, 6) is -2.03. The van der Waals surface area contributed by atoms with Crippen molar-refractivity contribution in [2.75, 3.05) is 18.1 Å². The maximum atomic E-state index is 13.9. The van der Waals surface area contributed by atoms with Crippen LogP contribution in [0.5, 0.6) is 0 Å². The van der Waals surface area contributed by atoms with Crippen LogP contribution in [0.4, 0.5) is 10.1 Å². The molecule has 0 bridgehead atoms. The van der Waals surface area contributed by atoms with Crippen LogP contribution in [-0.2, 0) is 30.3 Å². The van der Waals surface area contributed by atoms with Crippen molar-refractivity contribution in [1.29, 1.82) is 0 Å². The summed E-state index contributed by atoms with van der Waals surface area (Å²) in [4.78, 5) is 26.1. The van der Waals surface area contributed by atoms with Crippen LogP contribution < -0.4 is 4.90 Å². The van der Waals surface area contributed by atoms with E-state index in [2.05, 4.69) is 6.47 Å². The van der Waals surface area contributed by atoms with E-state index in [1.54, 1.807) is 20.8 Å². The number of hydrogen-bond donors (Lipinski definition) is 1. The average molecular weight is 379 g/mol. The first-order valence-corrected chi connectivity index (χ1v) is 8.49. The van der Waals surface area contributed by atoms with Gasteiger partial charge in [-0.1, -0.05) is 0 Å². The second-order valence-electron chi connectivity index (χ2n) is 7.01. The molecule has 0 aromatic heterocycles. The Morgan fingerprint density at radius 3 is 2.85 bits per heavy atom. The summed E-state index contributed by atoms with van der Waals surface area (Å²) < 4.78 is 29.3. The van der Waals surface area contributed by atoms with E-state index >= 15 is 0 Å². The van der Waals surface area contributed by atoms with Gasteiger partial charge in [-0.2, -0.15) is 0 Å². The van der Waals surface area contributed by atoms with E-state index in [0.29, 0.717) is 5.69 Å². The van der Waals surface area contributed by atoms with Crippen molar-refractivity contribution in [1.82, 2.24) is 0 Å². The molecule has 1 saturated heterocycles. The summed E-state index contributed by atoms with van der Waals surface area (Å²) in [5, 5.41) is 10.2. The van der Waals surface area contributed by atoms with Gasteiger partial charge in [-0.25, -0.2) is 0 Å². The molecule has 1 fully saturated rings. The number of benzene rings is 1. The van der Waals surface area contributed by atoms with E-state index < -0.39 is 35.5 Å². The van der Waals surface area contributed by atoms with Crippen LogP contribution in [0.3, 0.4) is 0 Å². The van der Waals surface area contributed by atoms with Crippen LogP contribution in [0, 0.1) is 5.82 Å². The second-order valence-corrected chi connectivity index (χ2v) is 7.01. The Hall–Kier alpha value is -2.26. The monoisotopic (exact) mass is 379 g/mol. The first-order valence-electron chi connectivity index (χ1n) is 8.49. The van der Waals surface area contributed by atoms with E-state index in [1.807, 2.05) is 0 Å². The van der Waals surface area contributed by atoms with Crippen molar-refractivity contribution in [2.24, 2.45) is 0 Å². The number of hydrogen-bond acceptors (Lipinski definition) is 6. The first-order chi connectivity index (χ1) is 12.6. The van der Waals surface area contributed by atoms with Gasteiger partial charge >= 0.3 is 136 Å². The predicted molar refractivity (Wildman–Crippen MR) is 98.0 cm³/mol. The number of halogens is 1. The van der Waals surface area contributed by atoms with E-state index in [9.17, 15) is 19.1 Å². The number of anilines is 1. The minimum atomic E-state index is -1.76. The molecular weight excluding hydrogens is 356 g/mol. The third-order valence-corrected chi connectivity index (χ3v) is 3.75. The van der Waals surface area contributed by atoms with Crippen molar-refractivity contribution in [3.8, 4) is 0 Å². The molecule has 9 heteroatoms. The summed E-state index contributed by atoms with van der Waals surface area (Å²) in [6.07, 6.45) is -3.16. The molecule has 1 N–H and O–H groups in total. The first kappa shape index (κ1) is 21.0. The number of carbonyl (C=O) groups is 2. The summed E-state index contributed by atoms with van der Waals surface area (Å²) in [6, 6.07) is 4.13. The molecular formula is C18H23BFNO6. The third kappa shape index (κ3) is 5.37. The van der Waals surface area contributed by atoms with Crippen molar-refractivity contribution < 1.29 is 33.2 Å². The summed E-state index contributed by atoms with van der Waals surface area (Å²) in [5.41, 5.74) is -0.156. The number of amides is 1. The molecule has 0 saturated carbocycles. The van der Waals surface area contributed by atoms with Crippen LogP contribution in [0.1, 0.15) is 26.3 Å². The zero-order valence-corrected chi connectivity index (χ0v) is 15.6. The maximum absolute atomic E-state index is 13.9. The molecule has 146 valence electrons. The molecule has 2 unspecified atom stereocenters. The van der Waals surface area contributed by atoms with Crippen molar-refractivity contribution >= 4 is 31.2 Å². The van der Waals surface area contributed by atoms with Crippen molar-refractivity contribution in [3.05, 3.63) is 29.6 Å². The van der Waals surface area contributed by atoms with Gasteiger partial charge in [0.05, 0.1) is 0 Å². The molecule has 1 heterocycles. The minimum absolute atomic E-state index is 0.0360. The van der Waals surface area contributed by atoms with Gasteiger partial charge in [0, 0.05) is 0 Å². The molecule has 1 aliphatic rings. The van der Waals surface area contributed by atoms with Crippen LogP contribution >= 0.6 is 0 Å². The number of nitrogens with zero attached hydrogens (tertiary/aromatic N) is 1. The fraction of sp³-hybridized carbons (Fsp3) is 0.500. The number of esters is 1. The Kier molecular flexibility index (Phi) is 6.72. The fourth-order valence-electron chi connectivity index (χ4n) is 2.56. The molecule has 1 aromatic carbocycles. The molecule has 1 amide bonds. The molecule has 2 atom stereocenters. The fourth-order valence-corrected chi connectivity index (χ4v) is 2.56. The summed E-state index contributed by atoms with van der Waals surface area (Å²) in [6.45, 7) is 8.62. The van der Waals surface area contributed by atoms with Gasteiger partial charge in [0.15, 0.2) is 0 Å². The number of ether oxygens (including phenoxy) is 2. The Balaban J connectivity index is 2.19. The van der Waals surface area contributed by atoms with E-state index in [0.717, 1.165) is 0 Å². The van der Waals surface area contributed by atoms with Crippen LogP contribution in [0.25, 0.3) is 0 Å². The van der Waals surface area contributed by atoms with Crippen molar-refractivity contribution in [3.63, 3.8) is 0 Å². The molecule has 0 spiro atoms. The molecule has 1 aromatic rings. The Morgan fingerprint density at radius 2 is 2.22 bits per heavy atom. The normalized spacial score (nSPS) is 18.6. The van der Waals surface area contributed by atoms with Gasteiger partial charge < -0.3 is 0 Å². The molecule has 2 rings (SSSR count). The number of rotatable bonds is 6. The standard InChI is InChI=1S/C18H23BFNO6/c1-18(2,3)27-17(24)14(22)15-16(23)21(7-8-25-15)12-5-6-13(20)11(9-12)10-26-19-4/h5-6,9,14-15,22H,4,7-8,10H2,1-3H3. The Morgan fingerprint density at radius 1 is 1.52 bits per heavy atom. The van der Waals surface area contributed by atoms with Crippen LogP contribution in [0.15, 0.2) is 18.2 Å². The quantitative estimate of drug-likeness (QED) is 0.582. The zero-order valence-electron chi connectivity index (χ0n) is 15.6. The Labute approximate surface area is 157 Å². The molecule has 0 aliphatic carbocycles. The zero-order chi connectivity index (χ0) is 20.2. The van der Waals surface area contributed by atoms with Gasteiger partial charge in [-0.05, 0) is 20.8 Å². The van der Waals surface area contributed by atoms with Gasteiger partial charge in [0.25, 0.3) is 0 Å². The molecule has 7 nitrogen and oxygen atoms in total. The van der Waals surface area contributed by atoms with Crippen molar-refractivity contribution in [2.45, 2.75) is 45.2 Å².